The molecule has 3 saturated heterocycles. The van der Waals surface area contributed by atoms with Gasteiger partial charge in [-0.25, -0.2) is 9.78 Å². The van der Waals surface area contributed by atoms with Crippen LogP contribution in [0.2, 0.25) is 0 Å². The first-order valence-electron chi connectivity index (χ1n) is 7.91. The summed E-state index contributed by atoms with van der Waals surface area (Å²) in [7, 11) is 0. The maximum absolute atomic E-state index is 12.0. The Kier molecular flexibility index (Phi) is 3.89. The summed E-state index contributed by atoms with van der Waals surface area (Å²) < 4.78 is 7.17. The van der Waals surface area contributed by atoms with E-state index in [9.17, 15) is 4.79 Å². The molecule has 2 bridgehead atoms. The Balaban J connectivity index is 1.96. The zero-order valence-electron chi connectivity index (χ0n) is 12.8. The number of imidazole rings is 1. The Hall–Kier alpha value is -1.56. The summed E-state index contributed by atoms with van der Waals surface area (Å²) in [6.45, 7) is 7.56. The van der Waals surface area contributed by atoms with Crippen LogP contribution < -0.4 is 5.73 Å². The molecule has 4 rings (SSSR count). The molecule has 3 aliphatic rings. The summed E-state index contributed by atoms with van der Waals surface area (Å²) >= 11 is 0. The molecule has 0 amide bonds. The number of fused-ring (bicyclic) bond motifs is 3. The van der Waals surface area contributed by atoms with Gasteiger partial charge in [-0.2, -0.15) is 0 Å². The number of nitrogens with zero attached hydrogens (tertiary/aromatic N) is 3. The molecule has 6 nitrogen and oxygen atoms in total. The van der Waals surface area contributed by atoms with Crippen molar-refractivity contribution in [2.75, 3.05) is 32.0 Å². The molecule has 3 fully saturated rings. The minimum absolute atomic E-state index is 0.283. The van der Waals surface area contributed by atoms with E-state index in [1.54, 1.807) is 6.92 Å². The molecule has 1 unspecified atom stereocenters. The Bertz CT molecular complexity index is 532. The van der Waals surface area contributed by atoms with Gasteiger partial charge in [-0.1, -0.05) is 6.92 Å². The fourth-order valence-electron chi connectivity index (χ4n) is 3.69. The van der Waals surface area contributed by atoms with Gasteiger partial charge in [0.2, 0.25) is 0 Å². The minimum Gasteiger partial charge on any atom is -0.461 e. The summed E-state index contributed by atoms with van der Waals surface area (Å²) in [6, 6.07) is 0.345. The molecule has 0 aliphatic carbocycles. The maximum Gasteiger partial charge on any atom is 0.360 e. The highest BCUT2D eigenvalue weighted by atomic mass is 16.5. The van der Waals surface area contributed by atoms with Crippen LogP contribution in [0, 0.1) is 5.92 Å². The average Bonchev–Trinajstić information content (AvgIpc) is 2.85. The highest BCUT2D eigenvalue weighted by molar-refractivity contribution is 5.92. The zero-order valence-corrected chi connectivity index (χ0v) is 12.8. The lowest BCUT2D eigenvalue weighted by molar-refractivity contribution is 0.0518. The van der Waals surface area contributed by atoms with Crippen LogP contribution in [0.1, 0.15) is 49.0 Å². The van der Waals surface area contributed by atoms with Gasteiger partial charge in [-0.3, -0.25) is 0 Å². The van der Waals surface area contributed by atoms with Gasteiger partial charge >= 0.3 is 5.97 Å². The molecule has 1 aromatic heterocycles. The molecule has 3 aliphatic heterocycles. The van der Waals surface area contributed by atoms with Gasteiger partial charge in [0.1, 0.15) is 11.6 Å². The smallest absolute Gasteiger partial charge is 0.360 e. The molecule has 0 aromatic carbocycles. The first kappa shape index (κ1) is 14.4. The van der Waals surface area contributed by atoms with E-state index in [1.165, 1.54) is 25.9 Å². The molecule has 0 radical (unpaired) electrons. The van der Waals surface area contributed by atoms with Crippen LogP contribution in [0.15, 0.2) is 0 Å². The third-order valence-corrected chi connectivity index (χ3v) is 4.76. The molecular weight excluding hydrogens is 268 g/mol. The number of hydrogen-bond acceptors (Lipinski definition) is 5. The van der Waals surface area contributed by atoms with Crippen LogP contribution >= 0.6 is 0 Å². The predicted octanol–water partition coefficient (Wildman–Crippen LogP) is 1.47. The van der Waals surface area contributed by atoms with E-state index < -0.39 is 5.97 Å². The lowest BCUT2D eigenvalue weighted by atomic mass is 9.83. The summed E-state index contributed by atoms with van der Waals surface area (Å²) in [6.07, 6.45) is 3.19. The maximum atomic E-state index is 12.0. The van der Waals surface area contributed by atoms with E-state index in [4.69, 9.17) is 10.5 Å². The van der Waals surface area contributed by atoms with E-state index in [1.807, 2.05) is 0 Å². The molecule has 0 spiro atoms. The predicted molar refractivity (Wildman–Crippen MR) is 80.2 cm³/mol. The number of ether oxygens (including phenoxy) is 1. The van der Waals surface area contributed by atoms with Crippen LogP contribution in [0.5, 0.6) is 0 Å². The first-order valence-corrected chi connectivity index (χ1v) is 7.91. The fourth-order valence-corrected chi connectivity index (χ4v) is 3.69. The van der Waals surface area contributed by atoms with Gasteiger partial charge in [0.15, 0.2) is 5.69 Å². The van der Waals surface area contributed by atoms with Gasteiger partial charge < -0.3 is 19.9 Å². The van der Waals surface area contributed by atoms with Gasteiger partial charge in [-0.05, 0) is 38.8 Å². The second-order valence-electron chi connectivity index (χ2n) is 5.91. The number of aromatic nitrogens is 2. The molecule has 4 heterocycles. The van der Waals surface area contributed by atoms with E-state index in [-0.39, 0.29) is 5.69 Å². The minimum atomic E-state index is -0.412. The number of rotatable bonds is 4. The number of carbonyl (C=O) groups excluding carboxylic acids is 1. The van der Waals surface area contributed by atoms with Gasteiger partial charge in [0.25, 0.3) is 0 Å². The third kappa shape index (κ3) is 2.41. The second kappa shape index (κ2) is 5.67. The van der Waals surface area contributed by atoms with Crippen molar-refractivity contribution < 1.29 is 9.53 Å². The zero-order chi connectivity index (χ0) is 15.0. The highest BCUT2D eigenvalue weighted by Crippen LogP contribution is 2.38. The number of anilines is 1. The quantitative estimate of drug-likeness (QED) is 0.851. The SMILES string of the molecule is CCOC(=O)c1nc(CC)n(C2CN3CCC2CC3)c1N. The largest absolute Gasteiger partial charge is 0.461 e. The van der Waals surface area contributed by atoms with E-state index >= 15 is 0 Å². The standard InChI is InChI=1S/C15H24N4O2/c1-3-12-17-13(15(20)21-4-2)14(16)19(12)11-9-18-7-5-10(11)6-8-18/h10-11H,3-9,16H2,1-2H3. The van der Waals surface area contributed by atoms with E-state index in [0.29, 0.717) is 24.4 Å². The van der Waals surface area contributed by atoms with Crippen LogP contribution in [-0.4, -0.2) is 46.7 Å². The van der Waals surface area contributed by atoms with Crippen molar-refractivity contribution in [2.45, 2.75) is 39.2 Å². The number of nitrogen functional groups attached to an aromatic ring is 1. The molecule has 0 saturated carbocycles. The molecule has 1 atom stereocenters. The Morgan fingerprint density at radius 1 is 1.38 bits per heavy atom. The van der Waals surface area contributed by atoms with E-state index in [2.05, 4.69) is 21.4 Å². The van der Waals surface area contributed by atoms with Crippen molar-refractivity contribution >= 4 is 11.8 Å². The van der Waals surface area contributed by atoms with Crippen molar-refractivity contribution in [2.24, 2.45) is 5.92 Å². The molecule has 1 aromatic rings. The Labute approximate surface area is 125 Å². The Morgan fingerprint density at radius 2 is 2.10 bits per heavy atom. The lowest BCUT2D eigenvalue weighted by Gasteiger charge is -2.45. The lowest BCUT2D eigenvalue weighted by Crippen LogP contribution is -2.48. The van der Waals surface area contributed by atoms with Crippen molar-refractivity contribution in [3.05, 3.63) is 11.5 Å². The molecule has 2 N–H and O–H groups in total. The van der Waals surface area contributed by atoms with Crippen molar-refractivity contribution in [1.82, 2.24) is 14.5 Å². The van der Waals surface area contributed by atoms with Gasteiger partial charge in [-0.15, -0.1) is 0 Å². The molecule has 6 heteroatoms. The van der Waals surface area contributed by atoms with Crippen LogP contribution in [0.3, 0.4) is 0 Å². The highest BCUT2D eigenvalue weighted by Gasteiger charge is 2.37. The average molecular weight is 292 g/mol. The van der Waals surface area contributed by atoms with Crippen LogP contribution in [0.25, 0.3) is 0 Å². The van der Waals surface area contributed by atoms with Crippen molar-refractivity contribution in [3.63, 3.8) is 0 Å². The van der Waals surface area contributed by atoms with Gasteiger partial charge in [0.05, 0.1) is 12.6 Å². The summed E-state index contributed by atoms with van der Waals surface area (Å²) in [5.41, 5.74) is 6.54. The summed E-state index contributed by atoms with van der Waals surface area (Å²) in [5, 5.41) is 0. The van der Waals surface area contributed by atoms with E-state index in [0.717, 1.165) is 18.8 Å². The summed E-state index contributed by atoms with van der Waals surface area (Å²) in [5.74, 6) is 1.61. The normalized spacial score (nSPS) is 27.8. The molecular formula is C15H24N4O2. The number of hydrogen-bond donors (Lipinski definition) is 1. The summed E-state index contributed by atoms with van der Waals surface area (Å²) in [4.78, 5) is 18.9. The number of carbonyl (C=O) groups is 1. The van der Waals surface area contributed by atoms with Gasteiger partial charge in [0, 0.05) is 13.0 Å². The molecule has 21 heavy (non-hydrogen) atoms. The van der Waals surface area contributed by atoms with Crippen molar-refractivity contribution in [1.29, 1.82) is 0 Å². The topological polar surface area (TPSA) is 73.4 Å². The monoisotopic (exact) mass is 292 g/mol. The third-order valence-electron chi connectivity index (χ3n) is 4.76. The number of nitrogens with two attached hydrogens (primary N) is 1. The first-order chi connectivity index (χ1) is 10.2. The Morgan fingerprint density at radius 3 is 2.62 bits per heavy atom. The number of piperidine rings is 3. The van der Waals surface area contributed by atoms with Crippen LogP contribution in [0.4, 0.5) is 5.82 Å². The fraction of sp³-hybridized carbons (Fsp3) is 0.733. The van der Waals surface area contributed by atoms with Crippen LogP contribution in [-0.2, 0) is 11.2 Å². The van der Waals surface area contributed by atoms with Crippen molar-refractivity contribution in [3.8, 4) is 0 Å². The number of esters is 1. The molecule has 116 valence electrons. The second-order valence-corrected chi connectivity index (χ2v) is 5.91. The number of aryl methyl sites for hydroxylation is 1.